The number of hydrogen-bond donors (Lipinski definition) is 1. The van der Waals surface area contributed by atoms with Crippen LogP contribution in [0.4, 0.5) is 5.69 Å². The van der Waals surface area contributed by atoms with Gasteiger partial charge in [-0.05, 0) is 45.0 Å². The number of amides is 1. The van der Waals surface area contributed by atoms with E-state index in [1.807, 2.05) is 13.8 Å². The van der Waals surface area contributed by atoms with Crippen LogP contribution in [0.25, 0.3) is 0 Å². The molecule has 1 atom stereocenters. The van der Waals surface area contributed by atoms with Gasteiger partial charge in [0.2, 0.25) is 10.0 Å². The molecule has 1 N–H and O–H groups in total. The minimum Gasteiger partial charge on any atom is -0.481 e. The van der Waals surface area contributed by atoms with E-state index >= 15 is 0 Å². The van der Waals surface area contributed by atoms with E-state index in [1.165, 1.54) is 11.4 Å². The molecule has 0 aliphatic heterocycles. The second-order valence-electron chi connectivity index (χ2n) is 5.15. The van der Waals surface area contributed by atoms with Gasteiger partial charge in [-0.15, -0.1) is 0 Å². The minimum atomic E-state index is -3.29. The molecule has 0 saturated heterocycles. The Bertz CT molecular complexity index is 581. The van der Waals surface area contributed by atoms with Crippen molar-refractivity contribution >= 4 is 21.6 Å². The number of rotatable bonds is 6. The molecule has 1 aromatic carbocycles. The Morgan fingerprint density at radius 3 is 2.14 bits per heavy atom. The van der Waals surface area contributed by atoms with Crippen molar-refractivity contribution in [2.45, 2.75) is 32.9 Å². The van der Waals surface area contributed by atoms with Gasteiger partial charge in [0, 0.05) is 13.1 Å². The van der Waals surface area contributed by atoms with Crippen molar-refractivity contribution in [3.8, 4) is 5.75 Å². The van der Waals surface area contributed by atoms with Crippen molar-refractivity contribution in [1.82, 2.24) is 5.32 Å². The van der Waals surface area contributed by atoms with Crippen LogP contribution in [0.5, 0.6) is 5.75 Å². The molecule has 0 radical (unpaired) electrons. The third kappa shape index (κ3) is 5.26. The van der Waals surface area contributed by atoms with Gasteiger partial charge in [-0.1, -0.05) is 0 Å². The molecule has 6 nitrogen and oxygen atoms in total. The number of nitrogens with zero attached hydrogens (tertiary/aromatic N) is 1. The SMILES string of the molecule is CC(C)NC(=O)[C@H](C)Oc1ccc(N(C)S(C)(=O)=O)cc1. The summed E-state index contributed by atoms with van der Waals surface area (Å²) in [7, 11) is -1.81. The Kier molecular flexibility index (Phi) is 5.60. The van der Waals surface area contributed by atoms with Crippen molar-refractivity contribution in [3.63, 3.8) is 0 Å². The molecule has 1 aromatic rings. The fourth-order valence-electron chi connectivity index (χ4n) is 1.59. The van der Waals surface area contributed by atoms with Gasteiger partial charge in [-0.2, -0.15) is 0 Å². The number of benzene rings is 1. The van der Waals surface area contributed by atoms with Crippen LogP contribution < -0.4 is 14.4 Å². The summed E-state index contributed by atoms with van der Waals surface area (Å²) in [6.07, 6.45) is 0.515. The van der Waals surface area contributed by atoms with Crippen LogP contribution in [0.3, 0.4) is 0 Å². The fraction of sp³-hybridized carbons (Fsp3) is 0.500. The van der Waals surface area contributed by atoms with Crippen molar-refractivity contribution < 1.29 is 17.9 Å². The third-order valence-corrected chi connectivity index (χ3v) is 4.02. The van der Waals surface area contributed by atoms with Crippen LogP contribution in [0, 0.1) is 0 Å². The molecule has 0 bridgehead atoms. The average molecular weight is 314 g/mol. The average Bonchev–Trinajstić information content (AvgIpc) is 2.36. The lowest BCUT2D eigenvalue weighted by Gasteiger charge is -2.19. The molecule has 7 heteroatoms. The number of carbonyl (C=O) groups excluding carboxylic acids is 1. The third-order valence-electron chi connectivity index (χ3n) is 2.81. The zero-order valence-electron chi connectivity index (χ0n) is 13.0. The van der Waals surface area contributed by atoms with Gasteiger partial charge in [0.1, 0.15) is 5.75 Å². The van der Waals surface area contributed by atoms with E-state index in [0.717, 1.165) is 6.26 Å². The van der Waals surface area contributed by atoms with Crippen LogP contribution in [-0.2, 0) is 14.8 Å². The predicted octanol–water partition coefficient (Wildman–Crippen LogP) is 1.37. The second-order valence-corrected chi connectivity index (χ2v) is 7.16. The summed E-state index contributed by atoms with van der Waals surface area (Å²) in [6, 6.07) is 6.58. The molecule has 0 unspecified atom stereocenters. The van der Waals surface area contributed by atoms with Gasteiger partial charge < -0.3 is 10.1 Å². The Balaban J connectivity index is 2.73. The maximum absolute atomic E-state index is 11.7. The van der Waals surface area contributed by atoms with Crippen molar-refractivity contribution in [2.75, 3.05) is 17.6 Å². The number of nitrogens with one attached hydrogen (secondary N) is 1. The molecule has 1 rings (SSSR count). The molecule has 1 amide bonds. The van der Waals surface area contributed by atoms with Gasteiger partial charge in [0.25, 0.3) is 5.91 Å². The van der Waals surface area contributed by atoms with Gasteiger partial charge in [-0.3, -0.25) is 9.10 Å². The lowest BCUT2D eigenvalue weighted by atomic mass is 10.3. The van der Waals surface area contributed by atoms with E-state index in [9.17, 15) is 13.2 Å². The maximum atomic E-state index is 11.7. The van der Waals surface area contributed by atoms with Gasteiger partial charge in [-0.25, -0.2) is 8.42 Å². The summed E-state index contributed by atoms with van der Waals surface area (Å²) in [5.41, 5.74) is 0.532. The Labute approximate surface area is 126 Å². The van der Waals surface area contributed by atoms with Gasteiger partial charge in [0.05, 0.1) is 11.9 Å². The first-order valence-electron chi connectivity index (χ1n) is 6.62. The molecule has 0 fully saturated rings. The lowest BCUT2D eigenvalue weighted by molar-refractivity contribution is -0.127. The summed E-state index contributed by atoms with van der Waals surface area (Å²) >= 11 is 0. The predicted molar refractivity (Wildman–Crippen MR) is 83.1 cm³/mol. The molecule has 0 heterocycles. The zero-order chi connectivity index (χ0) is 16.2. The molecular weight excluding hydrogens is 292 g/mol. The Morgan fingerprint density at radius 1 is 1.19 bits per heavy atom. The zero-order valence-corrected chi connectivity index (χ0v) is 13.8. The minimum absolute atomic E-state index is 0.0503. The van der Waals surface area contributed by atoms with Crippen LogP contribution in [0.1, 0.15) is 20.8 Å². The summed E-state index contributed by atoms with van der Waals surface area (Å²) in [4.78, 5) is 11.7. The van der Waals surface area contributed by atoms with Crippen LogP contribution in [0.2, 0.25) is 0 Å². The monoisotopic (exact) mass is 314 g/mol. The summed E-state index contributed by atoms with van der Waals surface area (Å²) in [5.74, 6) is 0.314. The quantitative estimate of drug-likeness (QED) is 0.860. The largest absolute Gasteiger partial charge is 0.481 e. The van der Waals surface area contributed by atoms with Gasteiger partial charge in [0.15, 0.2) is 6.10 Å². The molecule has 0 aliphatic carbocycles. The highest BCUT2D eigenvalue weighted by Gasteiger charge is 2.16. The number of sulfonamides is 1. The number of hydrogen-bond acceptors (Lipinski definition) is 4. The molecule has 0 aromatic heterocycles. The molecule has 0 aliphatic rings. The molecule has 0 saturated carbocycles. The molecular formula is C14H22N2O4S. The molecule has 118 valence electrons. The highest BCUT2D eigenvalue weighted by atomic mass is 32.2. The topological polar surface area (TPSA) is 75.7 Å². The highest BCUT2D eigenvalue weighted by Crippen LogP contribution is 2.21. The highest BCUT2D eigenvalue weighted by molar-refractivity contribution is 7.92. The summed E-state index contributed by atoms with van der Waals surface area (Å²) < 4.78 is 29.5. The second kappa shape index (κ2) is 6.80. The first kappa shape index (κ1) is 17.3. The summed E-state index contributed by atoms with van der Waals surface area (Å²) in [6.45, 7) is 5.41. The van der Waals surface area contributed by atoms with Crippen LogP contribution in [-0.4, -0.2) is 39.8 Å². The van der Waals surface area contributed by atoms with Crippen molar-refractivity contribution in [2.24, 2.45) is 0 Å². The van der Waals surface area contributed by atoms with E-state index in [2.05, 4.69) is 5.32 Å². The first-order chi connectivity index (χ1) is 9.61. The van der Waals surface area contributed by atoms with E-state index < -0.39 is 16.1 Å². The number of ether oxygens (including phenoxy) is 1. The van der Waals surface area contributed by atoms with Gasteiger partial charge >= 0.3 is 0 Å². The number of carbonyl (C=O) groups is 1. The Morgan fingerprint density at radius 2 is 1.71 bits per heavy atom. The van der Waals surface area contributed by atoms with Crippen molar-refractivity contribution in [3.05, 3.63) is 24.3 Å². The van der Waals surface area contributed by atoms with Crippen molar-refractivity contribution in [1.29, 1.82) is 0 Å². The first-order valence-corrected chi connectivity index (χ1v) is 8.47. The summed E-state index contributed by atoms with van der Waals surface area (Å²) in [5, 5.41) is 2.76. The standard InChI is InChI=1S/C14H22N2O4S/c1-10(2)15-14(17)11(3)20-13-8-6-12(7-9-13)16(4)21(5,18)19/h6-11H,1-5H3,(H,15,17)/t11-/m0/s1. The van der Waals surface area contributed by atoms with E-state index in [-0.39, 0.29) is 11.9 Å². The molecule has 0 spiro atoms. The van der Waals surface area contributed by atoms with E-state index in [1.54, 1.807) is 31.2 Å². The van der Waals surface area contributed by atoms with Crippen LogP contribution >= 0.6 is 0 Å². The number of anilines is 1. The van der Waals surface area contributed by atoms with E-state index in [0.29, 0.717) is 11.4 Å². The fourth-order valence-corrected chi connectivity index (χ4v) is 2.09. The lowest BCUT2D eigenvalue weighted by Crippen LogP contribution is -2.40. The Hall–Kier alpha value is -1.76. The normalized spacial score (nSPS) is 12.9. The maximum Gasteiger partial charge on any atom is 0.260 e. The van der Waals surface area contributed by atoms with Crippen LogP contribution in [0.15, 0.2) is 24.3 Å². The van der Waals surface area contributed by atoms with E-state index in [4.69, 9.17) is 4.74 Å². The smallest absolute Gasteiger partial charge is 0.260 e. The molecule has 21 heavy (non-hydrogen) atoms.